The molecule has 0 aliphatic heterocycles. The number of anilines is 1. The van der Waals surface area contributed by atoms with E-state index in [2.05, 4.69) is 10.1 Å². The molecule has 0 aliphatic carbocycles. The molecule has 0 saturated heterocycles. The van der Waals surface area contributed by atoms with Gasteiger partial charge in [-0.05, 0) is 29.8 Å². The Morgan fingerprint density at radius 1 is 1.29 bits per heavy atom. The van der Waals surface area contributed by atoms with E-state index in [0.29, 0.717) is 11.8 Å². The van der Waals surface area contributed by atoms with Crippen LogP contribution in [0.5, 0.6) is 0 Å². The van der Waals surface area contributed by atoms with E-state index in [0.717, 1.165) is 13.2 Å². The summed E-state index contributed by atoms with van der Waals surface area (Å²) in [6.45, 7) is 0. The first-order valence-electron chi connectivity index (χ1n) is 6.80. The van der Waals surface area contributed by atoms with E-state index in [4.69, 9.17) is 0 Å². The van der Waals surface area contributed by atoms with Crippen molar-refractivity contribution in [2.24, 2.45) is 0 Å². The van der Waals surface area contributed by atoms with Crippen LogP contribution in [0.3, 0.4) is 0 Å². The number of ether oxygens (including phenoxy) is 1. The van der Waals surface area contributed by atoms with Gasteiger partial charge in [-0.2, -0.15) is 0 Å². The van der Waals surface area contributed by atoms with E-state index < -0.39 is 22.8 Å². The molecule has 0 spiro atoms. The Kier molecular flexibility index (Phi) is 5.20. The molecule has 2 aromatic rings. The predicted molar refractivity (Wildman–Crippen MR) is 83.3 cm³/mol. The van der Waals surface area contributed by atoms with Crippen LogP contribution in [0.2, 0.25) is 0 Å². The third-order valence-corrected chi connectivity index (χ3v) is 3.29. The van der Waals surface area contributed by atoms with E-state index in [1.807, 2.05) is 0 Å². The fourth-order valence-corrected chi connectivity index (χ4v) is 2.08. The Morgan fingerprint density at radius 2 is 1.96 bits per heavy atom. The fraction of sp³-hybridized carbons (Fsp3) is 0.125. The van der Waals surface area contributed by atoms with Crippen LogP contribution in [0, 0.1) is 15.9 Å². The van der Waals surface area contributed by atoms with Crippen LogP contribution in [0.15, 0.2) is 42.5 Å². The van der Waals surface area contributed by atoms with Gasteiger partial charge in [0.15, 0.2) is 0 Å². The third kappa shape index (κ3) is 3.72. The zero-order chi connectivity index (χ0) is 17.7. The van der Waals surface area contributed by atoms with Crippen LogP contribution < -0.4 is 5.32 Å². The second kappa shape index (κ2) is 7.32. The molecule has 2 rings (SSSR count). The molecule has 0 fully saturated rings. The lowest BCUT2D eigenvalue weighted by atomic mass is 10.1. The number of nitro groups is 1. The monoisotopic (exact) mass is 332 g/mol. The largest absolute Gasteiger partial charge is 0.465 e. The predicted octanol–water partition coefficient (Wildman–Crippen LogP) is 2.87. The van der Waals surface area contributed by atoms with Crippen LogP contribution in [0.25, 0.3) is 0 Å². The molecule has 1 atom stereocenters. The van der Waals surface area contributed by atoms with Crippen LogP contribution >= 0.6 is 0 Å². The molecule has 0 amide bonds. The average Bonchev–Trinajstić information content (AvgIpc) is 2.59. The summed E-state index contributed by atoms with van der Waals surface area (Å²) in [5, 5.41) is 13.9. The molecule has 0 aromatic heterocycles. The van der Waals surface area contributed by atoms with Gasteiger partial charge in [0.1, 0.15) is 23.8 Å². The first kappa shape index (κ1) is 17.1. The molecule has 7 nitrogen and oxygen atoms in total. The summed E-state index contributed by atoms with van der Waals surface area (Å²) in [6.07, 6.45) is 0.547. The zero-order valence-corrected chi connectivity index (χ0v) is 12.6. The number of benzene rings is 2. The van der Waals surface area contributed by atoms with Crippen molar-refractivity contribution in [1.29, 1.82) is 0 Å². The van der Waals surface area contributed by atoms with Crippen molar-refractivity contribution >= 4 is 23.6 Å². The van der Waals surface area contributed by atoms with E-state index in [1.165, 1.54) is 36.4 Å². The molecule has 1 unspecified atom stereocenters. The van der Waals surface area contributed by atoms with Crippen molar-refractivity contribution in [1.82, 2.24) is 0 Å². The van der Waals surface area contributed by atoms with Gasteiger partial charge in [0.25, 0.3) is 5.69 Å². The number of halogens is 1. The lowest BCUT2D eigenvalue weighted by Gasteiger charge is -2.15. The molecule has 2 aromatic carbocycles. The third-order valence-electron chi connectivity index (χ3n) is 3.29. The Bertz CT molecular complexity index is 777. The molecular weight excluding hydrogens is 319 g/mol. The molecule has 0 radical (unpaired) electrons. The summed E-state index contributed by atoms with van der Waals surface area (Å²) < 4.78 is 17.5. The molecule has 0 aliphatic rings. The van der Waals surface area contributed by atoms with E-state index in [-0.39, 0.29) is 16.9 Å². The van der Waals surface area contributed by atoms with Crippen molar-refractivity contribution in [2.75, 3.05) is 12.4 Å². The molecule has 0 bridgehead atoms. The molecule has 0 heterocycles. The Balaban J connectivity index is 2.36. The van der Waals surface area contributed by atoms with Crippen molar-refractivity contribution in [3.63, 3.8) is 0 Å². The van der Waals surface area contributed by atoms with Gasteiger partial charge in [-0.25, -0.2) is 9.18 Å². The van der Waals surface area contributed by atoms with E-state index >= 15 is 0 Å². The smallest absolute Gasteiger partial charge is 0.338 e. The number of nitrogens with one attached hydrogen (secondary N) is 1. The number of nitrogens with zero attached hydrogens (tertiary/aromatic N) is 1. The first-order valence-corrected chi connectivity index (χ1v) is 6.80. The first-order chi connectivity index (χ1) is 11.5. The van der Waals surface area contributed by atoms with Crippen molar-refractivity contribution in [3.05, 3.63) is 69.5 Å². The normalized spacial score (nSPS) is 11.4. The minimum absolute atomic E-state index is 0.0131. The minimum Gasteiger partial charge on any atom is -0.465 e. The quantitative estimate of drug-likeness (QED) is 0.378. The summed E-state index contributed by atoms with van der Waals surface area (Å²) in [4.78, 5) is 33.3. The summed E-state index contributed by atoms with van der Waals surface area (Å²) in [7, 11) is 1.16. The number of esters is 1. The molecule has 8 heteroatoms. The second-order valence-electron chi connectivity index (χ2n) is 4.79. The van der Waals surface area contributed by atoms with E-state index in [1.54, 1.807) is 0 Å². The molecule has 0 saturated carbocycles. The van der Waals surface area contributed by atoms with Gasteiger partial charge < -0.3 is 14.8 Å². The molecule has 1 N–H and O–H groups in total. The van der Waals surface area contributed by atoms with Gasteiger partial charge in [-0.1, -0.05) is 12.1 Å². The highest BCUT2D eigenvalue weighted by atomic mass is 19.1. The maximum absolute atomic E-state index is 13.0. The fourth-order valence-electron chi connectivity index (χ4n) is 2.08. The van der Waals surface area contributed by atoms with Crippen LogP contribution in [0.4, 0.5) is 15.8 Å². The lowest BCUT2D eigenvalue weighted by Crippen LogP contribution is -2.13. The van der Waals surface area contributed by atoms with Crippen molar-refractivity contribution < 1.29 is 23.6 Å². The summed E-state index contributed by atoms with van der Waals surface area (Å²) >= 11 is 0. The van der Waals surface area contributed by atoms with Crippen molar-refractivity contribution in [2.45, 2.75) is 6.04 Å². The lowest BCUT2D eigenvalue weighted by molar-refractivity contribution is -0.384. The van der Waals surface area contributed by atoms with E-state index in [9.17, 15) is 24.1 Å². The number of carbonyl (C=O) groups excluding carboxylic acids is 2. The van der Waals surface area contributed by atoms with Gasteiger partial charge in [-0.15, -0.1) is 0 Å². The molecular formula is C16H13FN2O5. The second-order valence-corrected chi connectivity index (χ2v) is 4.79. The van der Waals surface area contributed by atoms with Crippen molar-refractivity contribution in [3.8, 4) is 0 Å². The number of rotatable bonds is 6. The standard InChI is InChI=1S/C16H13FN2O5/c1-24-16(21)11-4-7-13(15(8-11)19(22)23)18-14(9-20)10-2-5-12(17)6-3-10/h2-9,14,18H,1H3. The highest BCUT2D eigenvalue weighted by molar-refractivity contribution is 5.91. The number of hydrogen-bond donors (Lipinski definition) is 1. The topological polar surface area (TPSA) is 98.5 Å². The van der Waals surface area contributed by atoms with Gasteiger partial charge in [0.05, 0.1) is 17.6 Å². The highest BCUT2D eigenvalue weighted by Crippen LogP contribution is 2.29. The Labute approximate surface area is 136 Å². The van der Waals surface area contributed by atoms with Crippen LogP contribution in [-0.2, 0) is 9.53 Å². The number of nitro benzene ring substituents is 1. The van der Waals surface area contributed by atoms with Gasteiger partial charge in [0, 0.05) is 6.07 Å². The SMILES string of the molecule is COC(=O)c1ccc(NC(C=O)c2ccc(F)cc2)c([N+](=O)[O-])c1. The Hall–Kier alpha value is -3.29. The van der Waals surface area contributed by atoms with Gasteiger partial charge >= 0.3 is 5.97 Å². The highest BCUT2D eigenvalue weighted by Gasteiger charge is 2.21. The van der Waals surface area contributed by atoms with Gasteiger partial charge in [0.2, 0.25) is 0 Å². The van der Waals surface area contributed by atoms with Crippen LogP contribution in [-0.4, -0.2) is 24.3 Å². The minimum atomic E-state index is -0.909. The number of hydrogen-bond acceptors (Lipinski definition) is 6. The zero-order valence-electron chi connectivity index (χ0n) is 12.6. The average molecular weight is 332 g/mol. The molecule has 124 valence electrons. The van der Waals surface area contributed by atoms with Crippen LogP contribution in [0.1, 0.15) is 22.0 Å². The summed E-state index contributed by atoms with van der Waals surface area (Å²) in [5.74, 6) is -1.17. The number of carbonyl (C=O) groups is 2. The summed E-state index contributed by atoms with van der Waals surface area (Å²) in [5.41, 5.74) is 0.123. The number of aldehydes is 1. The molecule has 24 heavy (non-hydrogen) atoms. The maximum Gasteiger partial charge on any atom is 0.338 e. The van der Waals surface area contributed by atoms with Gasteiger partial charge in [-0.3, -0.25) is 10.1 Å². The summed E-state index contributed by atoms with van der Waals surface area (Å²) in [6, 6.07) is 7.96. The maximum atomic E-state index is 13.0. The number of methoxy groups -OCH3 is 1. The Morgan fingerprint density at radius 3 is 2.50 bits per heavy atom.